The van der Waals surface area contributed by atoms with Gasteiger partial charge in [-0.2, -0.15) is 0 Å². The van der Waals surface area contributed by atoms with Gasteiger partial charge in [0, 0.05) is 31.8 Å². The molecule has 0 aromatic carbocycles. The first-order valence-electron chi connectivity index (χ1n) is 7.51. The van der Waals surface area contributed by atoms with Gasteiger partial charge in [0.05, 0.1) is 6.10 Å². The summed E-state index contributed by atoms with van der Waals surface area (Å²) in [6.45, 7) is 13.7. The minimum absolute atomic E-state index is 0.280. The zero-order valence-corrected chi connectivity index (χ0v) is 12.6. The third-order valence-electron chi connectivity index (χ3n) is 3.95. The first kappa shape index (κ1) is 15.9. The number of hydrogen-bond acceptors (Lipinski definition) is 3. The Hall–Kier alpha value is -0.120. The van der Waals surface area contributed by atoms with Crippen molar-refractivity contribution in [3.05, 3.63) is 0 Å². The van der Waals surface area contributed by atoms with Gasteiger partial charge in [-0.25, -0.2) is 0 Å². The van der Waals surface area contributed by atoms with Crippen LogP contribution in [-0.4, -0.2) is 39.0 Å². The van der Waals surface area contributed by atoms with E-state index in [1.807, 2.05) is 0 Å². The van der Waals surface area contributed by atoms with Crippen molar-refractivity contribution in [1.29, 1.82) is 0 Å². The van der Waals surface area contributed by atoms with Gasteiger partial charge >= 0.3 is 0 Å². The van der Waals surface area contributed by atoms with Crippen LogP contribution in [-0.2, 0) is 9.47 Å². The van der Waals surface area contributed by atoms with E-state index < -0.39 is 0 Å². The molecule has 1 fully saturated rings. The highest BCUT2D eigenvalue weighted by molar-refractivity contribution is 4.91. The molecular formula is C15H31NO2. The number of hydrogen-bond donors (Lipinski definition) is 1. The Balaban J connectivity index is 2.38. The highest BCUT2D eigenvalue weighted by Crippen LogP contribution is 2.37. The third kappa shape index (κ3) is 4.87. The van der Waals surface area contributed by atoms with Crippen molar-refractivity contribution in [1.82, 2.24) is 5.32 Å². The average Bonchev–Trinajstić information content (AvgIpc) is 2.67. The second kappa shape index (κ2) is 8.13. The molecule has 108 valence electrons. The Morgan fingerprint density at radius 1 is 1.39 bits per heavy atom. The summed E-state index contributed by atoms with van der Waals surface area (Å²) >= 11 is 0. The van der Waals surface area contributed by atoms with Crippen molar-refractivity contribution >= 4 is 0 Å². The number of nitrogens with one attached hydrogen (secondary N) is 1. The van der Waals surface area contributed by atoms with Gasteiger partial charge in [-0.3, -0.25) is 0 Å². The Kier molecular flexibility index (Phi) is 7.20. The first-order chi connectivity index (χ1) is 8.60. The average molecular weight is 257 g/mol. The molecule has 1 saturated heterocycles. The lowest BCUT2D eigenvalue weighted by molar-refractivity contribution is 0.0329. The van der Waals surface area contributed by atoms with Crippen LogP contribution in [0.4, 0.5) is 0 Å². The van der Waals surface area contributed by atoms with Gasteiger partial charge in [0.1, 0.15) is 0 Å². The maximum Gasteiger partial charge on any atom is 0.0617 e. The molecule has 0 saturated carbocycles. The fraction of sp³-hybridized carbons (Fsp3) is 1.00. The molecule has 1 heterocycles. The van der Waals surface area contributed by atoms with E-state index in [-0.39, 0.29) is 5.41 Å². The van der Waals surface area contributed by atoms with E-state index in [9.17, 15) is 0 Å². The molecule has 2 atom stereocenters. The SMILES string of the molecule is CCCOCCC1(CNCC(C)C)CCOC1C. The smallest absolute Gasteiger partial charge is 0.0617 e. The van der Waals surface area contributed by atoms with E-state index >= 15 is 0 Å². The number of rotatable bonds is 9. The van der Waals surface area contributed by atoms with E-state index in [1.165, 1.54) is 0 Å². The highest BCUT2D eigenvalue weighted by Gasteiger charge is 2.40. The molecule has 2 unspecified atom stereocenters. The van der Waals surface area contributed by atoms with Crippen molar-refractivity contribution in [3.63, 3.8) is 0 Å². The van der Waals surface area contributed by atoms with Crippen LogP contribution in [0.1, 0.15) is 47.0 Å². The molecule has 1 rings (SSSR count). The summed E-state index contributed by atoms with van der Waals surface area (Å²) in [5.74, 6) is 0.705. The quantitative estimate of drug-likeness (QED) is 0.644. The fourth-order valence-electron chi connectivity index (χ4n) is 2.60. The predicted octanol–water partition coefficient (Wildman–Crippen LogP) is 2.84. The Morgan fingerprint density at radius 3 is 2.72 bits per heavy atom. The summed E-state index contributed by atoms with van der Waals surface area (Å²) in [5, 5.41) is 3.60. The summed E-state index contributed by atoms with van der Waals surface area (Å²) in [6.07, 6.45) is 3.72. The van der Waals surface area contributed by atoms with Crippen LogP contribution in [0.5, 0.6) is 0 Å². The van der Waals surface area contributed by atoms with Crippen LogP contribution >= 0.6 is 0 Å². The minimum atomic E-state index is 0.280. The molecule has 1 N–H and O–H groups in total. The van der Waals surface area contributed by atoms with E-state index in [2.05, 4.69) is 33.0 Å². The molecule has 0 spiro atoms. The summed E-state index contributed by atoms with van der Waals surface area (Å²) < 4.78 is 11.4. The van der Waals surface area contributed by atoms with Gasteiger partial charge in [0.25, 0.3) is 0 Å². The van der Waals surface area contributed by atoms with Crippen molar-refractivity contribution < 1.29 is 9.47 Å². The van der Waals surface area contributed by atoms with Crippen LogP contribution < -0.4 is 5.32 Å². The second-order valence-corrected chi connectivity index (χ2v) is 6.01. The lowest BCUT2D eigenvalue weighted by Crippen LogP contribution is -2.41. The molecule has 0 aromatic rings. The zero-order valence-electron chi connectivity index (χ0n) is 12.6. The van der Waals surface area contributed by atoms with Gasteiger partial charge in [-0.05, 0) is 38.6 Å². The number of ether oxygens (including phenoxy) is 2. The molecular weight excluding hydrogens is 226 g/mol. The zero-order chi connectivity index (χ0) is 13.4. The standard InChI is InChI=1S/C15H31NO2/c1-5-8-17-9-6-15(7-10-18-14(15)4)12-16-11-13(2)3/h13-14,16H,5-12H2,1-4H3. The predicted molar refractivity (Wildman–Crippen MR) is 75.9 cm³/mol. The van der Waals surface area contributed by atoms with Gasteiger partial charge < -0.3 is 14.8 Å². The summed E-state index contributed by atoms with van der Waals surface area (Å²) in [7, 11) is 0. The third-order valence-corrected chi connectivity index (χ3v) is 3.95. The van der Waals surface area contributed by atoms with Crippen LogP contribution in [0.15, 0.2) is 0 Å². The van der Waals surface area contributed by atoms with Gasteiger partial charge in [0.15, 0.2) is 0 Å². The van der Waals surface area contributed by atoms with Crippen molar-refractivity contribution in [2.24, 2.45) is 11.3 Å². The molecule has 0 aromatic heterocycles. The topological polar surface area (TPSA) is 30.5 Å². The van der Waals surface area contributed by atoms with E-state index in [0.717, 1.165) is 52.2 Å². The molecule has 0 bridgehead atoms. The van der Waals surface area contributed by atoms with Crippen LogP contribution in [0.25, 0.3) is 0 Å². The Bertz CT molecular complexity index is 221. The maximum absolute atomic E-state index is 5.79. The lowest BCUT2D eigenvalue weighted by Gasteiger charge is -2.33. The van der Waals surface area contributed by atoms with Gasteiger partial charge in [-0.1, -0.05) is 20.8 Å². The molecule has 0 amide bonds. The Morgan fingerprint density at radius 2 is 2.17 bits per heavy atom. The van der Waals surface area contributed by atoms with Crippen LogP contribution in [0.3, 0.4) is 0 Å². The van der Waals surface area contributed by atoms with Crippen molar-refractivity contribution in [2.75, 3.05) is 32.9 Å². The molecule has 0 radical (unpaired) electrons. The molecule has 0 aliphatic carbocycles. The van der Waals surface area contributed by atoms with Gasteiger partial charge in [-0.15, -0.1) is 0 Å². The fourth-order valence-corrected chi connectivity index (χ4v) is 2.60. The molecule has 18 heavy (non-hydrogen) atoms. The minimum Gasteiger partial charge on any atom is -0.381 e. The molecule has 1 aliphatic rings. The lowest BCUT2D eigenvalue weighted by atomic mass is 9.78. The van der Waals surface area contributed by atoms with Crippen LogP contribution in [0.2, 0.25) is 0 Å². The molecule has 1 aliphatic heterocycles. The Labute approximate surface area is 113 Å². The largest absolute Gasteiger partial charge is 0.381 e. The second-order valence-electron chi connectivity index (χ2n) is 6.01. The molecule has 3 heteroatoms. The summed E-state index contributed by atoms with van der Waals surface area (Å²) in [6, 6.07) is 0. The summed E-state index contributed by atoms with van der Waals surface area (Å²) in [4.78, 5) is 0. The maximum atomic E-state index is 5.79. The van der Waals surface area contributed by atoms with E-state index in [0.29, 0.717) is 12.0 Å². The monoisotopic (exact) mass is 257 g/mol. The van der Waals surface area contributed by atoms with Crippen molar-refractivity contribution in [3.8, 4) is 0 Å². The molecule has 3 nitrogen and oxygen atoms in total. The normalized spacial score (nSPS) is 28.2. The highest BCUT2D eigenvalue weighted by atomic mass is 16.5. The van der Waals surface area contributed by atoms with Crippen molar-refractivity contribution in [2.45, 2.75) is 53.1 Å². The van der Waals surface area contributed by atoms with E-state index in [1.54, 1.807) is 0 Å². The van der Waals surface area contributed by atoms with E-state index in [4.69, 9.17) is 9.47 Å². The van der Waals surface area contributed by atoms with Crippen LogP contribution in [0, 0.1) is 11.3 Å². The summed E-state index contributed by atoms with van der Waals surface area (Å²) in [5.41, 5.74) is 0.280. The first-order valence-corrected chi connectivity index (χ1v) is 7.51. The van der Waals surface area contributed by atoms with Gasteiger partial charge in [0.2, 0.25) is 0 Å².